The molecule has 5 nitrogen and oxygen atoms in total. The summed E-state index contributed by atoms with van der Waals surface area (Å²) in [6.45, 7) is 5.70. The van der Waals surface area contributed by atoms with Crippen molar-refractivity contribution >= 4 is 5.91 Å². The quantitative estimate of drug-likeness (QED) is 0.733. The third-order valence-corrected chi connectivity index (χ3v) is 2.07. The SMILES string of the molecule is CCCn1cc(C(=O)NCCN)c(C)n1. The van der Waals surface area contributed by atoms with Gasteiger partial charge in [-0.3, -0.25) is 9.48 Å². The number of nitrogens with one attached hydrogen (secondary N) is 1. The molecule has 0 atom stereocenters. The lowest BCUT2D eigenvalue weighted by Gasteiger charge is -2.00. The van der Waals surface area contributed by atoms with Crippen molar-refractivity contribution < 1.29 is 4.79 Å². The van der Waals surface area contributed by atoms with Gasteiger partial charge in [0.25, 0.3) is 5.91 Å². The van der Waals surface area contributed by atoms with Gasteiger partial charge in [0.1, 0.15) is 0 Å². The largest absolute Gasteiger partial charge is 0.351 e. The average molecular weight is 210 g/mol. The van der Waals surface area contributed by atoms with Crippen LogP contribution in [-0.4, -0.2) is 28.8 Å². The van der Waals surface area contributed by atoms with Crippen molar-refractivity contribution in [3.8, 4) is 0 Å². The van der Waals surface area contributed by atoms with Gasteiger partial charge >= 0.3 is 0 Å². The minimum absolute atomic E-state index is 0.0969. The first-order valence-corrected chi connectivity index (χ1v) is 5.21. The smallest absolute Gasteiger partial charge is 0.254 e. The number of carbonyl (C=O) groups is 1. The van der Waals surface area contributed by atoms with Gasteiger partial charge in [-0.25, -0.2) is 0 Å². The number of amides is 1. The van der Waals surface area contributed by atoms with Gasteiger partial charge in [0.15, 0.2) is 0 Å². The Morgan fingerprint density at radius 3 is 3.00 bits per heavy atom. The van der Waals surface area contributed by atoms with Crippen LogP contribution in [0.3, 0.4) is 0 Å². The van der Waals surface area contributed by atoms with Crippen LogP contribution in [0.4, 0.5) is 0 Å². The monoisotopic (exact) mass is 210 g/mol. The molecule has 5 heteroatoms. The highest BCUT2D eigenvalue weighted by atomic mass is 16.1. The maximum absolute atomic E-state index is 11.6. The molecule has 3 N–H and O–H groups in total. The number of nitrogens with two attached hydrogens (primary N) is 1. The summed E-state index contributed by atoms with van der Waals surface area (Å²) >= 11 is 0. The molecular weight excluding hydrogens is 192 g/mol. The molecule has 0 spiro atoms. The van der Waals surface area contributed by atoms with Gasteiger partial charge in [-0.1, -0.05) is 6.92 Å². The molecule has 1 aromatic heterocycles. The number of nitrogens with zero attached hydrogens (tertiary/aromatic N) is 2. The van der Waals surface area contributed by atoms with Crippen LogP contribution >= 0.6 is 0 Å². The van der Waals surface area contributed by atoms with E-state index >= 15 is 0 Å². The molecule has 0 aliphatic rings. The second-order valence-electron chi connectivity index (χ2n) is 3.44. The van der Waals surface area contributed by atoms with Gasteiger partial charge in [-0.2, -0.15) is 5.10 Å². The highest BCUT2D eigenvalue weighted by Gasteiger charge is 2.11. The van der Waals surface area contributed by atoms with E-state index in [2.05, 4.69) is 17.3 Å². The summed E-state index contributed by atoms with van der Waals surface area (Å²) in [5.41, 5.74) is 6.71. The number of rotatable bonds is 5. The Morgan fingerprint density at radius 1 is 1.67 bits per heavy atom. The Kier molecular flexibility index (Phi) is 4.30. The van der Waals surface area contributed by atoms with Gasteiger partial charge in [-0.05, 0) is 13.3 Å². The predicted octanol–water partition coefficient (Wildman–Crippen LogP) is 0.290. The second kappa shape index (κ2) is 5.50. The van der Waals surface area contributed by atoms with Crippen molar-refractivity contribution in [1.29, 1.82) is 0 Å². The lowest BCUT2D eigenvalue weighted by atomic mass is 10.2. The van der Waals surface area contributed by atoms with E-state index in [1.54, 1.807) is 10.9 Å². The van der Waals surface area contributed by atoms with E-state index in [0.29, 0.717) is 18.7 Å². The number of aromatic nitrogens is 2. The standard InChI is InChI=1S/C10H18N4O/c1-3-6-14-7-9(8(2)13-14)10(15)12-5-4-11/h7H,3-6,11H2,1-2H3,(H,12,15). The van der Waals surface area contributed by atoms with E-state index in [0.717, 1.165) is 18.7 Å². The molecule has 0 saturated carbocycles. The Balaban J connectivity index is 2.71. The van der Waals surface area contributed by atoms with Crippen molar-refractivity contribution in [2.45, 2.75) is 26.8 Å². The number of aryl methyl sites for hydroxylation is 2. The van der Waals surface area contributed by atoms with Crippen molar-refractivity contribution in [3.63, 3.8) is 0 Å². The highest BCUT2D eigenvalue weighted by Crippen LogP contribution is 2.05. The molecule has 0 saturated heterocycles. The number of hydrogen-bond acceptors (Lipinski definition) is 3. The molecule has 0 aromatic carbocycles. The van der Waals surface area contributed by atoms with Crippen molar-refractivity contribution in [2.24, 2.45) is 5.73 Å². The molecule has 1 aromatic rings. The zero-order chi connectivity index (χ0) is 11.3. The van der Waals surface area contributed by atoms with E-state index in [1.807, 2.05) is 6.92 Å². The Hall–Kier alpha value is -1.36. The molecule has 84 valence electrons. The lowest BCUT2D eigenvalue weighted by molar-refractivity contribution is 0.0954. The Labute approximate surface area is 89.6 Å². The first-order chi connectivity index (χ1) is 7.19. The van der Waals surface area contributed by atoms with Gasteiger partial charge in [0.05, 0.1) is 11.3 Å². The van der Waals surface area contributed by atoms with Crippen LogP contribution in [0, 0.1) is 6.92 Å². The summed E-state index contributed by atoms with van der Waals surface area (Å²) in [5.74, 6) is -0.0969. The van der Waals surface area contributed by atoms with Gasteiger partial charge in [0, 0.05) is 25.8 Å². The minimum atomic E-state index is -0.0969. The average Bonchev–Trinajstić information content (AvgIpc) is 2.57. The fourth-order valence-electron chi connectivity index (χ4n) is 1.37. The summed E-state index contributed by atoms with van der Waals surface area (Å²) in [6.07, 6.45) is 2.79. The fraction of sp³-hybridized carbons (Fsp3) is 0.600. The summed E-state index contributed by atoms with van der Waals surface area (Å²) in [5, 5.41) is 6.98. The van der Waals surface area contributed by atoms with Crippen molar-refractivity contribution in [3.05, 3.63) is 17.5 Å². The molecule has 1 amide bonds. The van der Waals surface area contributed by atoms with Crippen molar-refractivity contribution in [2.75, 3.05) is 13.1 Å². The normalized spacial score (nSPS) is 10.3. The molecule has 15 heavy (non-hydrogen) atoms. The molecule has 0 aliphatic heterocycles. The number of carbonyl (C=O) groups excluding carboxylic acids is 1. The zero-order valence-corrected chi connectivity index (χ0v) is 9.29. The summed E-state index contributed by atoms with van der Waals surface area (Å²) in [6, 6.07) is 0. The summed E-state index contributed by atoms with van der Waals surface area (Å²) in [7, 11) is 0. The molecule has 1 heterocycles. The molecular formula is C10H18N4O. The molecule has 0 unspecified atom stereocenters. The zero-order valence-electron chi connectivity index (χ0n) is 9.29. The van der Waals surface area contributed by atoms with Crippen LogP contribution in [0.5, 0.6) is 0 Å². The van der Waals surface area contributed by atoms with Gasteiger partial charge < -0.3 is 11.1 Å². The van der Waals surface area contributed by atoms with E-state index in [4.69, 9.17) is 5.73 Å². The van der Waals surface area contributed by atoms with E-state index in [9.17, 15) is 4.79 Å². The molecule has 1 rings (SSSR count). The van der Waals surface area contributed by atoms with Crippen LogP contribution < -0.4 is 11.1 Å². The van der Waals surface area contributed by atoms with E-state index < -0.39 is 0 Å². The third kappa shape index (κ3) is 3.06. The van der Waals surface area contributed by atoms with Crippen LogP contribution in [0.1, 0.15) is 29.4 Å². The Bertz CT molecular complexity index is 332. The van der Waals surface area contributed by atoms with Crippen LogP contribution in [0.15, 0.2) is 6.20 Å². The number of hydrogen-bond donors (Lipinski definition) is 2. The lowest BCUT2D eigenvalue weighted by Crippen LogP contribution is -2.29. The summed E-state index contributed by atoms with van der Waals surface area (Å²) in [4.78, 5) is 11.6. The molecule has 0 bridgehead atoms. The summed E-state index contributed by atoms with van der Waals surface area (Å²) < 4.78 is 1.80. The van der Waals surface area contributed by atoms with Crippen LogP contribution in [0.2, 0.25) is 0 Å². The second-order valence-corrected chi connectivity index (χ2v) is 3.44. The van der Waals surface area contributed by atoms with Crippen LogP contribution in [0.25, 0.3) is 0 Å². The molecule has 0 radical (unpaired) electrons. The topological polar surface area (TPSA) is 72.9 Å². The van der Waals surface area contributed by atoms with Gasteiger partial charge in [0.2, 0.25) is 0 Å². The van der Waals surface area contributed by atoms with E-state index in [1.165, 1.54) is 0 Å². The molecule has 0 fully saturated rings. The predicted molar refractivity (Wildman–Crippen MR) is 58.6 cm³/mol. The Morgan fingerprint density at radius 2 is 2.40 bits per heavy atom. The maximum atomic E-state index is 11.6. The molecule has 0 aliphatic carbocycles. The maximum Gasteiger partial charge on any atom is 0.254 e. The first kappa shape index (κ1) is 11.7. The van der Waals surface area contributed by atoms with Crippen LogP contribution in [-0.2, 0) is 6.54 Å². The first-order valence-electron chi connectivity index (χ1n) is 5.21. The minimum Gasteiger partial charge on any atom is -0.351 e. The highest BCUT2D eigenvalue weighted by molar-refractivity contribution is 5.94. The third-order valence-electron chi connectivity index (χ3n) is 2.07. The van der Waals surface area contributed by atoms with Crippen molar-refractivity contribution in [1.82, 2.24) is 15.1 Å². The van der Waals surface area contributed by atoms with E-state index in [-0.39, 0.29) is 5.91 Å². The van der Waals surface area contributed by atoms with Gasteiger partial charge in [-0.15, -0.1) is 0 Å². The fourth-order valence-corrected chi connectivity index (χ4v) is 1.37.